The summed E-state index contributed by atoms with van der Waals surface area (Å²) in [4.78, 5) is 10.0. The molecule has 0 fully saturated rings. The van der Waals surface area contributed by atoms with Gasteiger partial charge in [0.05, 0.1) is 17.8 Å². The summed E-state index contributed by atoms with van der Waals surface area (Å²) in [6.45, 7) is 0.145. The zero-order chi connectivity index (χ0) is 16.9. The average molecular weight is 336 g/mol. The molecule has 0 radical (unpaired) electrons. The minimum absolute atomic E-state index is 0.0736. The second kappa shape index (κ2) is 7.21. The fourth-order valence-electron chi connectivity index (χ4n) is 1.96. The molecule has 7 nitrogen and oxygen atoms in total. The first-order valence-electron chi connectivity index (χ1n) is 6.73. The van der Waals surface area contributed by atoms with Crippen LogP contribution in [-0.2, 0) is 22.3 Å². The first-order chi connectivity index (χ1) is 10.9. The van der Waals surface area contributed by atoms with E-state index in [-0.39, 0.29) is 18.0 Å². The lowest BCUT2D eigenvalue weighted by atomic mass is 10.2. The molecular formula is C15H16N2O5S. The number of rotatable bonds is 7. The number of non-ortho nitro benzene ring substituents is 1. The zero-order valence-corrected chi connectivity index (χ0v) is 13.2. The molecular weight excluding hydrogens is 320 g/mol. The van der Waals surface area contributed by atoms with E-state index >= 15 is 0 Å². The van der Waals surface area contributed by atoms with Crippen LogP contribution in [0.3, 0.4) is 0 Å². The number of benzene rings is 2. The van der Waals surface area contributed by atoms with E-state index < -0.39 is 14.9 Å². The van der Waals surface area contributed by atoms with Crippen LogP contribution in [-0.4, -0.2) is 20.5 Å². The summed E-state index contributed by atoms with van der Waals surface area (Å²) in [5, 5.41) is 10.6. The van der Waals surface area contributed by atoms with E-state index in [1.165, 1.54) is 31.4 Å². The zero-order valence-electron chi connectivity index (χ0n) is 12.4. The molecule has 8 heteroatoms. The summed E-state index contributed by atoms with van der Waals surface area (Å²) in [6.07, 6.45) is 0. The highest BCUT2D eigenvalue weighted by atomic mass is 32.2. The molecule has 0 atom stereocenters. The van der Waals surface area contributed by atoms with Crippen LogP contribution < -0.4 is 9.46 Å². The van der Waals surface area contributed by atoms with Crippen LogP contribution in [0.15, 0.2) is 48.5 Å². The first-order valence-corrected chi connectivity index (χ1v) is 8.38. The van der Waals surface area contributed by atoms with Crippen molar-refractivity contribution in [2.45, 2.75) is 12.3 Å². The Kier molecular flexibility index (Phi) is 5.30. The van der Waals surface area contributed by atoms with E-state index in [2.05, 4.69) is 4.72 Å². The summed E-state index contributed by atoms with van der Waals surface area (Å²) in [5.41, 5.74) is 1.18. The van der Waals surface area contributed by atoms with Gasteiger partial charge in [0.15, 0.2) is 0 Å². The van der Waals surface area contributed by atoms with E-state index in [0.29, 0.717) is 11.3 Å². The third kappa shape index (κ3) is 5.04. The minimum Gasteiger partial charge on any atom is -0.497 e. The summed E-state index contributed by atoms with van der Waals surface area (Å²) >= 11 is 0. The van der Waals surface area contributed by atoms with Crippen molar-refractivity contribution in [3.63, 3.8) is 0 Å². The first kappa shape index (κ1) is 16.9. The summed E-state index contributed by atoms with van der Waals surface area (Å²) in [5.74, 6) is 0.409. The Balaban J connectivity index is 1.99. The van der Waals surface area contributed by atoms with Crippen molar-refractivity contribution in [2.24, 2.45) is 0 Å². The number of nitro groups is 1. The number of ether oxygens (including phenoxy) is 1. The Labute approximate surface area is 134 Å². The van der Waals surface area contributed by atoms with E-state index in [4.69, 9.17) is 4.74 Å². The van der Waals surface area contributed by atoms with Gasteiger partial charge in [0.25, 0.3) is 5.69 Å². The standard InChI is InChI=1S/C15H16N2O5S/c1-22-15-4-2-3-13(9-15)10-16-23(20,21)11-12-5-7-14(8-6-12)17(18)19/h2-9,16H,10-11H2,1H3. The SMILES string of the molecule is COc1cccc(CNS(=O)(=O)Cc2ccc([N+](=O)[O-])cc2)c1. The van der Waals surface area contributed by atoms with Gasteiger partial charge in [0.1, 0.15) is 5.75 Å². The smallest absolute Gasteiger partial charge is 0.269 e. The van der Waals surface area contributed by atoms with Gasteiger partial charge in [0.2, 0.25) is 10.0 Å². The molecule has 2 aromatic rings. The van der Waals surface area contributed by atoms with E-state index in [1.54, 1.807) is 24.3 Å². The average Bonchev–Trinajstić information content (AvgIpc) is 2.53. The second-order valence-corrected chi connectivity index (χ2v) is 6.66. The van der Waals surface area contributed by atoms with E-state index in [9.17, 15) is 18.5 Å². The van der Waals surface area contributed by atoms with Gasteiger partial charge in [-0.25, -0.2) is 13.1 Å². The van der Waals surface area contributed by atoms with Crippen LogP contribution in [0.2, 0.25) is 0 Å². The second-order valence-electron chi connectivity index (χ2n) is 4.86. The molecule has 23 heavy (non-hydrogen) atoms. The maximum atomic E-state index is 12.1. The van der Waals surface area contributed by atoms with Crippen molar-refractivity contribution in [1.29, 1.82) is 0 Å². The fourth-order valence-corrected chi connectivity index (χ4v) is 3.08. The maximum absolute atomic E-state index is 12.1. The van der Waals surface area contributed by atoms with Crippen LogP contribution in [0, 0.1) is 10.1 Å². The van der Waals surface area contributed by atoms with Gasteiger partial charge in [-0.1, -0.05) is 24.3 Å². The van der Waals surface area contributed by atoms with Gasteiger partial charge in [-0.15, -0.1) is 0 Å². The van der Waals surface area contributed by atoms with Crippen molar-refractivity contribution in [1.82, 2.24) is 4.72 Å². The van der Waals surface area contributed by atoms with Gasteiger partial charge in [-0.05, 0) is 23.3 Å². The van der Waals surface area contributed by atoms with Gasteiger partial charge in [0, 0.05) is 18.7 Å². The molecule has 0 heterocycles. The highest BCUT2D eigenvalue weighted by Crippen LogP contribution is 2.15. The third-order valence-corrected chi connectivity index (χ3v) is 4.43. The van der Waals surface area contributed by atoms with Crippen molar-refractivity contribution < 1.29 is 18.1 Å². The highest BCUT2D eigenvalue weighted by Gasteiger charge is 2.13. The molecule has 0 aliphatic rings. The number of hydrogen-bond acceptors (Lipinski definition) is 5. The monoisotopic (exact) mass is 336 g/mol. The molecule has 122 valence electrons. The maximum Gasteiger partial charge on any atom is 0.269 e. The Morgan fingerprint density at radius 2 is 1.83 bits per heavy atom. The van der Waals surface area contributed by atoms with Crippen molar-refractivity contribution in [2.75, 3.05) is 7.11 Å². The van der Waals surface area contributed by atoms with Gasteiger partial charge in [-0.3, -0.25) is 10.1 Å². The van der Waals surface area contributed by atoms with Crippen molar-refractivity contribution in [3.8, 4) is 5.75 Å². The van der Waals surface area contributed by atoms with Gasteiger partial charge >= 0.3 is 0 Å². The minimum atomic E-state index is -3.55. The normalized spacial score (nSPS) is 11.2. The van der Waals surface area contributed by atoms with Crippen LogP contribution in [0.5, 0.6) is 5.75 Å². The van der Waals surface area contributed by atoms with Crippen LogP contribution in [0.25, 0.3) is 0 Å². The molecule has 0 aromatic heterocycles. The molecule has 2 rings (SSSR count). The highest BCUT2D eigenvalue weighted by molar-refractivity contribution is 7.88. The van der Waals surface area contributed by atoms with Gasteiger partial charge < -0.3 is 4.74 Å². The van der Waals surface area contributed by atoms with Crippen LogP contribution in [0.1, 0.15) is 11.1 Å². The Bertz CT molecular complexity index is 788. The number of hydrogen-bond donors (Lipinski definition) is 1. The molecule has 0 amide bonds. The number of sulfonamides is 1. The fraction of sp³-hybridized carbons (Fsp3) is 0.200. The van der Waals surface area contributed by atoms with Gasteiger partial charge in [-0.2, -0.15) is 0 Å². The number of nitrogens with one attached hydrogen (secondary N) is 1. The lowest BCUT2D eigenvalue weighted by molar-refractivity contribution is -0.384. The summed E-state index contributed by atoms with van der Waals surface area (Å²) in [7, 11) is -2.01. The van der Waals surface area contributed by atoms with Crippen molar-refractivity contribution >= 4 is 15.7 Å². The molecule has 0 aliphatic heterocycles. The summed E-state index contributed by atoms with van der Waals surface area (Å²) < 4.78 is 31.7. The third-order valence-electron chi connectivity index (χ3n) is 3.13. The Morgan fingerprint density at radius 1 is 1.13 bits per heavy atom. The lowest BCUT2D eigenvalue weighted by Crippen LogP contribution is -2.24. The molecule has 1 N–H and O–H groups in total. The quantitative estimate of drug-likeness (QED) is 0.617. The van der Waals surface area contributed by atoms with E-state index in [1.807, 2.05) is 0 Å². The number of nitrogens with zero attached hydrogens (tertiary/aromatic N) is 1. The molecule has 0 bridgehead atoms. The molecule has 0 spiro atoms. The molecule has 0 aliphatic carbocycles. The number of methoxy groups -OCH3 is 1. The van der Waals surface area contributed by atoms with E-state index in [0.717, 1.165) is 5.56 Å². The van der Waals surface area contributed by atoms with Crippen molar-refractivity contribution in [3.05, 3.63) is 69.8 Å². The predicted molar refractivity (Wildman–Crippen MR) is 85.6 cm³/mol. The largest absolute Gasteiger partial charge is 0.497 e. The number of nitro benzene ring substituents is 1. The lowest BCUT2D eigenvalue weighted by Gasteiger charge is -2.08. The van der Waals surface area contributed by atoms with Crippen LogP contribution in [0.4, 0.5) is 5.69 Å². The topological polar surface area (TPSA) is 98.5 Å². The van der Waals surface area contributed by atoms with Crippen LogP contribution >= 0.6 is 0 Å². The Morgan fingerprint density at radius 3 is 2.43 bits per heavy atom. The molecule has 2 aromatic carbocycles. The molecule has 0 unspecified atom stereocenters. The molecule has 0 saturated carbocycles. The Hall–Kier alpha value is -2.45. The molecule has 0 saturated heterocycles. The predicted octanol–water partition coefficient (Wildman–Crippen LogP) is 2.22. The summed E-state index contributed by atoms with van der Waals surface area (Å²) in [6, 6.07) is 12.5.